The van der Waals surface area contributed by atoms with Crippen LogP contribution in [-0.2, 0) is 4.74 Å². The second-order valence-electron chi connectivity index (χ2n) is 5.01. The number of H-pyrrole nitrogens is 1. The number of benzene rings is 1. The van der Waals surface area contributed by atoms with Gasteiger partial charge in [-0.2, -0.15) is 0 Å². The summed E-state index contributed by atoms with van der Waals surface area (Å²) in [6.45, 7) is 5.31. The van der Waals surface area contributed by atoms with Gasteiger partial charge in [0.1, 0.15) is 6.61 Å². The quantitative estimate of drug-likeness (QED) is 0.823. The molecule has 0 unspecified atom stereocenters. The molecule has 5 heteroatoms. The van der Waals surface area contributed by atoms with Crippen LogP contribution < -0.4 is 5.32 Å². The second-order valence-corrected chi connectivity index (χ2v) is 5.01. The highest BCUT2D eigenvalue weighted by Crippen LogP contribution is 2.14. The van der Waals surface area contributed by atoms with Crippen LogP contribution in [0.1, 0.15) is 10.4 Å². The molecule has 0 atom stereocenters. The van der Waals surface area contributed by atoms with Gasteiger partial charge in [0.25, 0.3) is 0 Å². The van der Waals surface area contributed by atoms with E-state index in [1.807, 2.05) is 30.5 Å². The first-order chi connectivity index (χ1) is 9.83. The number of carbonyl (C=O) groups is 1. The summed E-state index contributed by atoms with van der Waals surface area (Å²) in [4.78, 5) is 17.4. The number of nitrogens with zero attached hydrogens (tertiary/aromatic N) is 1. The molecular formula is C15H19N3O2. The highest BCUT2D eigenvalue weighted by atomic mass is 16.5. The molecule has 2 aromatic rings. The summed E-state index contributed by atoms with van der Waals surface area (Å²) in [5.74, 6) is -0.253. The number of piperazine rings is 1. The summed E-state index contributed by atoms with van der Waals surface area (Å²) in [5.41, 5.74) is 1.56. The zero-order valence-electron chi connectivity index (χ0n) is 11.4. The fraction of sp³-hybridized carbons (Fsp3) is 0.400. The van der Waals surface area contributed by atoms with Crippen LogP contribution in [0.3, 0.4) is 0 Å². The number of aromatic amines is 1. The highest BCUT2D eigenvalue weighted by Gasteiger charge is 2.11. The maximum absolute atomic E-state index is 12.0. The molecule has 20 heavy (non-hydrogen) atoms. The number of nitrogens with one attached hydrogen (secondary N) is 2. The molecule has 1 saturated heterocycles. The summed E-state index contributed by atoms with van der Waals surface area (Å²) in [7, 11) is 0. The Morgan fingerprint density at radius 3 is 2.95 bits per heavy atom. The fourth-order valence-electron chi connectivity index (χ4n) is 2.46. The van der Waals surface area contributed by atoms with Crippen LogP contribution in [-0.4, -0.2) is 55.2 Å². The minimum absolute atomic E-state index is 0.253. The number of rotatable bonds is 4. The van der Waals surface area contributed by atoms with Gasteiger partial charge >= 0.3 is 5.97 Å². The van der Waals surface area contributed by atoms with Crippen LogP contribution >= 0.6 is 0 Å². The lowest BCUT2D eigenvalue weighted by molar-refractivity contribution is 0.0456. The molecule has 3 rings (SSSR count). The summed E-state index contributed by atoms with van der Waals surface area (Å²) < 4.78 is 5.34. The van der Waals surface area contributed by atoms with Gasteiger partial charge in [0.05, 0.1) is 5.56 Å². The van der Waals surface area contributed by atoms with Gasteiger partial charge in [0.2, 0.25) is 0 Å². The first-order valence-corrected chi connectivity index (χ1v) is 7.00. The summed E-state index contributed by atoms with van der Waals surface area (Å²) in [6, 6.07) is 7.55. The Kier molecular flexibility index (Phi) is 3.99. The molecule has 0 saturated carbocycles. The maximum atomic E-state index is 12.0. The van der Waals surface area contributed by atoms with Gasteiger partial charge in [-0.1, -0.05) is 6.07 Å². The minimum atomic E-state index is -0.253. The number of fused-ring (bicyclic) bond motifs is 1. The van der Waals surface area contributed by atoms with Crippen LogP contribution in [0.5, 0.6) is 0 Å². The zero-order chi connectivity index (χ0) is 13.8. The van der Waals surface area contributed by atoms with E-state index in [0.717, 1.165) is 43.6 Å². The van der Waals surface area contributed by atoms with Crippen molar-refractivity contribution in [2.24, 2.45) is 0 Å². The van der Waals surface area contributed by atoms with Crippen LogP contribution in [0, 0.1) is 0 Å². The fourth-order valence-corrected chi connectivity index (χ4v) is 2.46. The van der Waals surface area contributed by atoms with Crippen molar-refractivity contribution in [1.29, 1.82) is 0 Å². The topological polar surface area (TPSA) is 57.4 Å². The first-order valence-electron chi connectivity index (χ1n) is 7.00. The average molecular weight is 273 g/mol. The maximum Gasteiger partial charge on any atom is 0.338 e. The Morgan fingerprint density at radius 1 is 1.25 bits per heavy atom. The molecule has 0 radical (unpaired) electrons. The van der Waals surface area contributed by atoms with Gasteiger partial charge in [0.15, 0.2) is 0 Å². The molecule has 0 aliphatic carbocycles. The number of esters is 1. The Bertz CT molecular complexity index is 588. The van der Waals surface area contributed by atoms with E-state index in [0.29, 0.717) is 12.2 Å². The molecule has 106 valence electrons. The van der Waals surface area contributed by atoms with Crippen molar-refractivity contribution in [2.45, 2.75) is 0 Å². The van der Waals surface area contributed by atoms with Crippen LogP contribution in [0.25, 0.3) is 10.9 Å². The molecule has 0 amide bonds. The molecule has 1 fully saturated rings. The third kappa shape index (κ3) is 3.00. The molecular weight excluding hydrogens is 254 g/mol. The Morgan fingerprint density at radius 2 is 2.10 bits per heavy atom. The monoisotopic (exact) mass is 273 g/mol. The van der Waals surface area contributed by atoms with E-state index in [1.165, 1.54) is 0 Å². The highest BCUT2D eigenvalue weighted by molar-refractivity contribution is 5.94. The van der Waals surface area contributed by atoms with E-state index in [-0.39, 0.29) is 5.97 Å². The third-order valence-corrected chi connectivity index (χ3v) is 3.64. The third-order valence-electron chi connectivity index (χ3n) is 3.64. The number of carbonyl (C=O) groups excluding carboxylic acids is 1. The molecule has 1 aliphatic rings. The molecule has 0 bridgehead atoms. The number of hydrogen-bond acceptors (Lipinski definition) is 4. The lowest BCUT2D eigenvalue weighted by Crippen LogP contribution is -2.44. The number of aromatic nitrogens is 1. The van der Waals surface area contributed by atoms with Gasteiger partial charge in [0, 0.05) is 44.4 Å². The molecule has 1 aromatic carbocycles. The normalized spacial score (nSPS) is 16.4. The number of ether oxygens (including phenoxy) is 1. The summed E-state index contributed by atoms with van der Waals surface area (Å²) in [5, 5.41) is 4.40. The van der Waals surface area contributed by atoms with Gasteiger partial charge in [-0.25, -0.2) is 4.79 Å². The predicted molar refractivity (Wildman–Crippen MR) is 77.9 cm³/mol. The van der Waals surface area contributed by atoms with Crippen molar-refractivity contribution in [1.82, 2.24) is 15.2 Å². The van der Waals surface area contributed by atoms with Crippen molar-refractivity contribution in [3.8, 4) is 0 Å². The van der Waals surface area contributed by atoms with Gasteiger partial charge in [-0.05, 0) is 23.6 Å². The van der Waals surface area contributed by atoms with E-state index in [4.69, 9.17) is 4.74 Å². The summed E-state index contributed by atoms with van der Waals surface area (Å²) in [6.07, 6.45) is 1.87. The number of hydrogen-bond donors (Lipinski definition) is 2. The molecule has 2 N–H and O–H groups in total. The largest absolute Gasteiger partial charge is 0.461 e. The van der Waals surface area contributed by atoms with Crippen LogP contribution in [0.2, 0.25) is 0 Å². The average Bonchev–Trinajstić information content (AvgIpc) is 2.95. The first kappa shape index (κ1) is 13.1. The van der Waals surface area contributed by atoms with E-state index in [1.54, 1.807) is 0 Å². The molecule has 1 aromatic heterocycles. The summed E-state index contributed by atoms with van der Waals surface area (Å²) >= 11 is 0. The predicted octanol–water partition coefficient (Wildman–Crippen LogP) is 1.23. The van der Waals surface area contributed by atoms with Crippen molar-refractivity contribution in [3.05, 3.63) is 36.0 Å². The Hall–Kier alpha value is -1.85. The molecule has 2 heterocycles. The smallest absolute Gasteiger partial charge is 0.338 e. The SMILES string of the molecule is O=C(OCCN1CCNCC1)c1ccc2cc[nH]c2c1. The van der Waals surface area contributed by atoms with Crippen molar-refractivity contribution >= 4 is 16.9 Å². The Labute approximate surface area is 117 Å². The van der Waals surface area contributed by atoms with E-state index < -0.39 is 0 Å². The van der Waals surface area contributed by atoms with E-state index in [9.17, 15) is 4.79 Å². The minimum Gasteiger partial charge on any atom is -0.461 e. The van der Waals surface area contributed by atoms with Crippen LogP contribution in [0.15, 0.2) is 30.5 Å². The van der Waals surface area contributed by atoms with Crippen molar-refractivity contribution in [2.75, 3.05) is 39.3 Å². The molecule has 0 spiro atoms. The van der Waals surface area contributed by atoms with Gasteiger partial charge < -0.3 is 15.0 Å². The van der Waals surface area contributed by atoms with E-state index in [2.05, 4.69) is 15.2 Å². The zero-order valence-corrected chi connectivity index (χ0v) is 11.4. The van der Waals surface area contributed by atoms with E-state index >= 15 is 0 Å². The second kappa shape index (κ2) is 6.07. The lowest BCUT2D eigenvalue weighted by Gasteiger charge is -2.26. The molecule has 1 aliphatic heterocycles. The van der Waals surface area contributed by atoms with Gasteiger partial charge in [-0.3, -0.25) is 4.90 Å². The Balaban J connectivity index is 1.53. The standard InChI is InChI=1S/C15H19N3O2/c19-15(20-10-9-18-7-5-16-6-8-18)13-2-1-12-3-4-17-14(12)11-13/h1-4,11,16-17H,5-10H2. The lowest BCUT2D eigenvalue weighted by atomic mass is 10.2. The van der Waals surface area contributed by atoms with Crippen molar-refractivity contribution in [3.63, 3.8) is 0 Å². The molecule has 5 nitrogen and oxygen atoms in total. The van der Waals surface area contributed by atoms with Crippen molar-refractivity contribution < 1.29 is 9.53 Å². The van der Waals surface area contributed by atoms with Crippen LogP contribution in [0.4, 0.5) is 0 Å². The van der Waals surface area contributed by atoms with Gasteiger partial charge in [-0.15, -0.1) is 0 Å².